The average molecular weight is 286 g/mol. The van der Waals surface area contributed by atoms with Crippen LogP contribution in [0.1, 0.15) is 12.0 Å². The monoisotopic (exact) mass is 286 g/mol. The second-order valence-electron chi connectivity index (χ2n) is 4.60. The molecule has 1 saturated heterocycles. The minimum absolute atomic E-state index is 0.0239. The van der Waals surface area contributed by atoms with Gasteiger partial charge in [-0.1, -0.05) is 17.7 Å². The van der Waals surface area contributed by atoms with E-state index in [1.54, 1.807) is 12.1 Å². The van der Waals surface area contributed by atoms with E-state index < -0.39 is 28.1 Å². The highest BCUT2D eigenvalue weighted by Gasteiger charge is 2.43. The van der Waals surface area contributed by atoms with Gasteiger partial charge in [0.1, 0.15) is 6.04 Å². The van der Waals surface area contributed by atoms with Crippen molar-refractivity contribution in [3.05, 3.63) is 29.8 Å². The molecule has 0 unspecified atom stereocenters. The number of aryl methyl sites for hydroxylation is 1. The molecule has 19 heavy (non-hydrogen) atoms. The molecule has 0 aromatic heterocycles. The topological polar surface area (TPSA) is 94.9 Å². The first-order valence-corrected chi connectivity index (χ1v) is 7.23. The Morgan fingerprint density at radius 1 is 1.42 bits per heavy atom. The molecule has 2 rings (SSSR count). The molecule has 7 heteroatoms. The molecule has 2 atom stereocenters. The van der Waals surface area contributed by atoms with E-state index in [1.165, 1.54) is 12.1 Å². The van der Waals surface area contributed by atoms with Crippen molar-refractivity contribution >= 4 is 16.0 Å². The molecular formula is C12H15NO5S. The highest BCUT2D eigenvalue weighted by molar-refractivity contribution is 7.89. The standard InChI is InChI=1S/C12H15NO5S/c1-8-2-4-10(5-3-8)19(17,18)13-7-9(14)6-11(13)12(15)16/h2-5,9,11,14H,6-7H2,1H3,(H,15,16)/t9-,11+/m1/s1/i14D. The fourth-order valence-corrected chi connectivity index (χ4v) is 3.73. The summed E-state index contributed by atoms with van der Waals surface area (Å²) in [5, 5.41) is 13.5. The lowest BCUT2D eigenvalue weighted by molar-refractivity contribution is -0.140. The average Bonchev–Trinajstić information content (AvgIpc) is 2.84. The number of benzene rings is 1. The molecule has 6 nitrogen and oxygen atoms in total. The lowest BCUT2D eigenvalue weighted by Crippen LogP contribution is -2.40. The normalized spacial score (nSPS) is 25.2. The number of hydrogen-bond donors (Lipinski definition) is 2. The number of aliphatic hydroxyl groups excluding tert-OH is 1. The third-order valence-electron chi connectivity index (χ3n) is 3.13. The number of carboxylic acids is 1. The number of aliphatic hydroxyl groups is 1. The first-order chi connectivity index (χ1) is 9.36. The second-order valence-corrected chi connectivity index (χ2v) is 6.49. The van der Waals surface area contributed by atoms with Gasteiger partial charge >= 0.3 is 5.97 Å². The molecule has 0 spiro atoms. The van der Waals surface area contributed by atoms with Crippen LogP contribution in [-0.2, 0) is 14.8 Å². The van der Waals surface area contributed by atoms with Crippen LogP contribution in [0.15, 0.2) is 29.2 Å². The summed E-state index contributed by atoms with van der Waals surface area (Å²) < 4.78 is 32.7. The molecule has 1 aromatic rings. The number of sulfonamides is 1. The van der Waals surface area contributed by atoms with Gasteiger partial charge in [0, 0.05) is 13.0 Å². The number of β-amino-alcohol motifs (C(OH)–C–C–N with tert-alkyl or cyclic N) is 1. The molecule has 1 aliphatic rings. The molecule has 1 fully saturated rings. The summed E-state index contributed by atoms with van der Waals surface area (Å²) in [5.41, 5.74) is 0.910. The SMILES string of the molecule is [2H]O[C@@H]1C[C@@H](C(=O)O)N(S(=O)(=O)c2ccc(C)cc2)C1. The fourth-order valence-electron chi connectivity index (χ4n) is 2.10. The highest BCUT2D eigenvalue weighted by atomic mass is 32.2. The van der Waals surface area contributed by atoms with Crippen molar-refractivity contribution in [2.24, 2.45) is 0 Å². The number of carboxylic acid groups (broad SMARTS) is 1. The first kappa shape index (κ1) is 12.6. The van der Waals surface area contributed by atoms with E-state index in [-0.39, 0.29) is 17.9 Å². The first-order valence-electron chi connectivity index (χ1n) is 6.20. The maximum atomic E-state index is 12.5. The number of rotatable bonds is 4. The van der Waals surface area contributed by atoms with Gasteiger partial charge in [0.2, 0.25) is 11.5 Å². The van der Waals surface area contributed by atoms with Gasteiger partial charge < -0.3 is 10.2 Å². The van der Waals surface area contributed by atoms with Crippen molar-refractivity contribution in [3.63, 3.8) is 0 Å². The van der Waals surface area contributed by atoms with E-state index in [1.807, 2.05) is 6.92 Å². The zero-order valence-electron chi connectivity index (χ0n) is 11.3. The Labute approximate surface area is 112 Å². The zero-order valence-corrected chi connectivity index (χ0v) is 11.1. The van der Waals surface area contributed by atoms with Crippen LogP contribution in [0.2, 0.25) is 0 Å². The Morgan fingerprint density at radius 2 is 2.05 bits per heavy atom. The van der Waals surface area contributed by atoms with Crippen molar-refractivity contribution in [1.29, 1.82) is 1.43 Å². The molecule has 1 aromatic carbocycles. The van der Waals surface area contributed by atoms with Crippen molar-refractivity contribution in [1.82, 2.24) is 4.31 Å². The van der Waals surface area contributed by atoms with Crippen LogP contribution in [0.5, 0.6) is 0 Å². The minimum atomic E-state index is -3.90. The number of aliphatic carboxylic acids is 1. The smallest absolute Gasteiger partial charge is 0.322 e. The highest BCUT2D eigenvalue weighted by Crippen LogP contribution is 2.26. The van der Waals surface area contributed by atoms with Gasteiger partial charge in [0.15, 0.2) is 0 Å². The molecule has 0 saturated carbocycles. The molecule has 0 radical (unpaired) electrons. The molecule has 0 amide bonds. The lowest BCUT2D eigenvalue weighted by atomic mass is 10.2. The van der Waals surface area contributed by atoms with Gasteiger partial charge in [0.25, 0.3) is 0 Å². The van der Waals surface area contributed by atoms with Gasteiger partial charge in [-0.15, -0.1) is 0 Å². The summed E-state index contributed by atoms with van der Waals surface area (Å²) in [5.74, 6) is -1.24. The Kier molecular flexibility index (Phi) is 3.26. The predicted octanol–water partition coefficient (Wildman–Crippen LogP) is 0.204. The zero-order chi connectivity index (χ0) is 14.9. The van der Waals surface area contributed by atoms with E-state index >= 15 is 0 Å². The van der Waals surface area contributed by atoms with Crippen molar-refractivity contribution in [3.8, 4) is 0 Å². The summed E-state index contributed by atoms with van der Waals surface area (Å²) in [6, 6.07) is 4.99. The summed E-state index contributed by atoms with van der Waals surface area (Å²) in [7, 11) is -3.90. The van der Waals surface area contributed by atoms with Crippen molar-refractivity contribution in [2.45, 2.75) is 30.4 Å². The van der Waals surface area contributed by atoms with Crippen LogP contribution in [0, 0.1) is 6.92 Å². The van der Waals surface area contributed by atoms with Gasteiger partial charge in [-0.2, -0.15) is 4.31 Å². The Balaban J connectivity index is 2.37. The Morgan fingerprint density at radius 3 is 2.58 bits per heavy atom. The van der Waals surface area contributed by atoms with Crippen LogP contribution in [0.4, 0.5) is 0 Å². The van der Waals surface area contributed by atoms with Crippen molar-refractivity contribution < 1.29 is 23.4 Å². The van der Waals surface area contributed by atoms with Gasteiger partial charge in [-0.25, -0.2) is 8.42 Å². The van der Waals surface area contributed by atoms with Crippen LogP contribution < -0.4 is 0 Å². The molecule has 0 bridgehead atoms. The molecule has 2 N–H and O–H groups in total. The van der Waals surface area contributed by atoms with Crippen molar-refractivity contribution in [2.75, 3.05) is 6.54 Å². The quantitative estimate of drug-likeness (QED) is 0.824. The fraction of sp³-hybridized carbons (Fsp3) is 0.417. The predicted molar refractivity (Wildman–Crippen MR) is 67.1 cm³/mol. The number of hydrogen-bond acceptors (Lipinski definition) is 4. The number of nitrogens with zero attached hydrogens (tertiary/aromatic N) is 1. The van der Waals surface area contributed by atoms with E-state index in [0.29, 0.717) is 0 Å². The summed E-state index contributed by atoms with van der Waals surface area (Å²) >= 11 is 0. The maximum Gasteiger partial charge on any atom is 0.322 e. The Bertz CT molecular complexity index is 601. The Hall–Kier alpha value is -1.44. The second kappa shape index (κ2) is 4.92. The maximum absolute atomic E-state index is 12.5. The van der Waals surface area contributed by atoms with E-state index in [9.17, 15) is 13.2 Å². The van der Waals surface area contributed by atoms with E-state index in [0.717, 1.165) is 9.87 Å². The third kappa shape index (κ3) is 2.63. The summed E-state index contributed by atoms with van der Waals surface area (Å²) in [4.78, 5) is 11.2. The van der Waals surface area contributed by atoms with E-state index in [2.05, 4.69) is 5.11 Å². The van der Waals surface area contributed by atoms with Gasteiger partial charge in [-0.3, -0.25) is 4.79 Å². The largest absolute Gasteiger partial charge is 0.480 e. The van der Waals surface area contributed by atoms with Crippen LogP contribution in [-0.4, -0.2) is 49.0 Å². The summed E-state index contributed by atoms with van der Waals surface area (Å²) in [6.07, 6.45) is -0.750. The molecule has 104 valence electrons. The van der Waals surface area contributed by atoms with Gasteiger partial charge in [0.05, 0.1) is 11.0 Å². The van der Waals surface area contributed by atoms with Crippen LogP contribution in [0.25, 0.3) is 0 Å². The third-order valence-corrected chi connectivity index (χ3v) is 5.02. The molecular weight excluding hydrogens is 270 g/mol. The molecule has 1 aliphatic heterocycles. The summed E-state index contributed by atoms with van der Waals surface area (Å²) in [6.45, 7) is 1.70. The van der Waals surface area contributed by atoms with E-state index in [4.69, 9.17) is 6.54 Å². The van der Waals surface area contributed by atoms with Crippen LogP contribution in [0.3, 0.4) is 0 Å². The molecule has 1 heterocycles. The molecule has 0 aliphatic carbocycles. The lowest BCUT2D eigenvalue weighted by Gasteiger charge is -2.20. The van der Waals surface area contributed by atoms with Crippen LogP contribution >= 0.6 is 0 Å². The number of carbonyl (C=O) groups is 1. The van der Waals surface area contributed by atoms with Gasteiger partial charge in [-0.05, 0) is 19.1 Å². The minimum Gasteiger partial charge on any atom is -0.480 e.